The highest BCUT2D eigenvalue weighted by Gasteiger charge is 2.20. The molecule has 0 aromatic heterocycles. The molecule has 1 aliphatic heterocycles. The van der Waals surface area contributed by atoms with Gasteiger partial charge < -0.3 is 19.7 Å². The van der Waals surface area contributed by atoms with E-state index in [-0.39, 0.29) is 11.8 Å². The predicted octanol–water partition coefficient (Wildman–Crippen LogP) is 4.23. The van der Waals surface area contributed by atoms with Crippen LogP contribution in [0.1, 0.15) is 33.5 Å². The third-order valence-electron chi connectivity index (χ3n) is 6.75. The number of anilines is 1. The van der Waals surface area contributed by atoms with Gasteiger partial charge in [0.15, 0.2) is 0 Å². The lowest BCUT2D eigenvalue weighted by Crippen LogP contribution is -2.38. The fraction of sp³-hybridized carbons (Fsp3) is 0.355. The van der Waals surface area contributed by atoms with E-state index < -0.39 is 0 Å². The smallest absolute Gasteiger partial charge is 0.258 e. The fourth-order valence-corrected chi connectivity index (χ4v) is 4.53. The van der Waals surface area contributed by atoms with Gasteiger partial charge in [-0.2, -0.15) is 0 Å². The summed E-state index contributed by atoms with van der Waals surface area (Å²) >= 11 is 0. The maximum atomic E-state index is 13.6. The number of aryl methyl sites for hydroxylation is 1. The van der Waals surface area contributed by atoms with E-state index in [1.54, 1.807) is 12.0 Å². The molecule has 4 rings (SSSR count). The molecule has 0 radical (unpaired) electrons. The van der Waals surface area contributed by atoms with Crippen molar-refractivity contribution in [2.45, 2.75) is 26.3 Å². The lowest BCUT2D eigenvalue weighted by molar-refractivity contribution is -0.120. The monoisotopic (exact) mass is 515 g/mol. The summed E-state index contributed by atoms with van der Waals surface area (Å²) in [7, 11) is 1.63. The van der Waals surface area contributed by atoms with Crippen LogP contribution in [0.15, 0.2) is 72.8 Å². The molecule has 2 amide bonds. The Hall–Kier alpha value is -3.68. The minimum atomic E-state index is -0.0957. The van der Waals surface area contributed by atoms with Gasteiger partial charge in [-0.1, -0.05) is 48.0 Å². The van der Waals surface area contributed by atoms with Gasteiger partial charge in [-0.15, -0.1) is 0 Å². The Balaban J connectivity index is 1.40. The third-order valence-corrected chi connectivity index (χ3v) is 6.75. The van der Waals surface area contributed by atoms with E-state index in [2.05, 4.69) is 10.2 Å². The van der Waals surface area contributed by atoms with Gasteiger partial charge in [0.25, 0.3) is 5.91 Å². The predicted molar refractivity (Wildman–Crippen MR) is 150 cm³/mol. The summed E-state index contributed by atoms with van der Waals surface area (Å²) in [6.07, 6.45) is 1.22. The summed E-state index contributed by atoms with van der Waals surface area (Å²) in [5, 5.41) is 3.02. The molecule has 1 saturated heterocycles. The third kappa shape index (κ3) is 7.66. The number of nitrogens with zero attached hydrogens (tertiary/aromatic N) is 2. The minimum absolute atomic E-state index is 0.00124. The molecule has 7 heteroatoms. The van der Waals surface area contributed by atoms with Gasteiger partial charge >= 0.3 is 0 Å². The Morgan fingerprint density at radius 1 is 0.974 bits per heavy atom. The van der Waals surface area contributed by atoms with Crippen molar-refractivity contribution < 1.29 is 19.1 Å². The van der Waals surface area contributed by atoms with Gasteiger partial charge in [-0.25, -0.2) is 0 Å². The zero-order valence-corrected chi connectivity index (χ0v) is 22.3. The molecule has 0 bridgehead atoms. The Morgan fingerprint density at radius 2 is 1.68 bits per heavy atom. The highest BCUT2D eigenvalue weighted by molar-refractivity contribution is 6.06. The number of hydrogen-bond acceptors (Lipinski definition) is 5. The summed E-state index contributed by atoms with van der Waals surface area (Å²) < 4.78 is 10.9. The highest BCUT2D eigenvalue weighted by atomic mass is 16.5. The van der Waals surface area contributed by atoms with Gasteiger partial charge in [0.1, 0.15) is 5.75 Å². The van der Waals surface area contributed by atoms with Crippen molar-refractivity contribution in [3.8, 4) is 5.75 Å². The first-order chi connectivity index (χ1) is 18.5. The van der Waals surface area contributed by atoms with Gasteiger partial charge in [-0.3, -0.25) is 14.5 Å². The second-order valence-corrected chi connectivity index (χ2v) is 9.57. The average molecular weight is 516 g/mol. The van der Waals surface area contributed by atoms with Crippen LogP contribution < -0.4 is 15.0 Å². The van der Waals surface area contributed by atoms with E-state index in [0.717, 1.165) is 67.4 Å². The standard InChI is InChI=1S/C31H37N3O4/c1-24-8-12-26(13-9-24)31(36)34(23-27-6-3-4-7-29(27)37-2)28-14-10-25(11-15-28)22-30(35)32-16-5-17-33-18-20-38-21-19-33/h3-4,6-15H,5,16-23H2,1-2H3,(H,32,35). The summed E-state index contributed by atoms with van der Waals surface area (Å²) in [6, 6.07) is 22.9. The maximum absolute atomic E-state index is 13.6. The van der Waals surface area contributed by atoms with Crippen molar-refractivity contribution in [3.05, 3.63) is 95.1 Å². The molecule has 3 aromatic rings. The number of hydrogen-bond donors (Lipinski definition) is 1. The summed E-state index contributed by atoms with van der Waals surface area (Å²) in [5.74, 6) is 0.638. The number of benzene rings is 3. The first-order valence-corrected chi connectivity index (χ1v) is 13.2. The molecule has 1 aliphatic rings. The van der Waals surface area contributed by atoms with Crippen molar-refractivity contribution in [2.75, 3.05) is 51.4 Å². The van der Waals surface area contributed by atoms with Gasteiger partial charge in [0.05, 0.1) is 33.3 Å². The van der Waals surface area contributed by atoms with Crippen LogP contribution in [0.3, 0.4) is 0 Å². The summed E-state index contributed by atoms with van der Waals surface area (Å²) in [5.41, 5.74) is 4.29. The molecular weight excluding hydrogens is 478 g/mol. The lowest BCUT2D eigenvalue weighted by Gasteiger charge is -2.26. The van der Waals surface area contributed by atoms with Crippen molar-refractivity contribution in [1.82, 2.24) is 10.2 Å². The molecule has 7 nitrogen and oxygen atoms in total. The SMILES string of the molecule is COc1ccccc1CN(C(=O)c1ccc(C)cc1)c1ccc(CC(=O)NCCCN2CCOCC2)cc1. The largest absolute Gasteiger partial charge is 0.496 e. The lowest BCUT2D eigenvalue weighted by atomic mass is 10.1. The Labute approximate surface area is 225 Å². The second-order valence-electron chi connectivity index (χ2n) is 9.57. The number of morpholine rings is 1. The minimum Gasteiger partial charge on any atom is -0.496 e. The van der Waals surface area contributed by atoms with Gasteiger partial charge in [0, 0.05) is 36.4 Å². The van der Waals surface area contributed by atoms with E-state index in [1.165, 1.54) is 0 Å². The quantitative estimate of drug-likeness (QED) is 0.387. The van der Waals surface area contributed by atoms with Crippen LogP contribution in [-0.2, 0) is 22.5 Å². The molecular formula is C31H37N3O4. The highest BCUT2D eigenvalue weighted by Crippen LogP contribution is 2.25. The van der Waals surface area contributed by atoms with Crippen molar-refractivity contribution in [3.63, 3.8) is 0 Å². The Bertz CT molecular complexity index is 1190. The summed E-state index contributed by atoms with van der Waals surface area (Å²) in [6.45, 7) is 7.48. The van der Waals surface area contributed by atoms with Crippen LogP contribution >= 0.6 is 0 Å². The van der Waals surface area contributed by atoms with Crippen LogP contribution in [0.5, 0.6) is 5.75 Å². The number of carbonyl (C=O) groups is 2. The molecule has 0 atom stereocenters. The average Bonchev–Trinajstić information content (AvgIpc) is 2.95. The molecule has 38 heavy (non-hydrogen) atoms. The number of methoxy groups -OCH3 is 1. The van der Waals surface area contributed by atoms with Gasteiger partial charge in [0.2, 0.25) is 5.91 Å². The first-order valence-electron chi connectivity index (χ1n) is 13.2. The van der Waals surface area contributed by atoms with Crippen LogP contribution in [0.2, 0.25) is 0 Å². The fourth-order valence-electron chi connectivity index (χ4n) is 4.53. The normalized spacial score (nSPS) is 13.6. The molecule has 200 valence electrons. The maximum Gasteiger partial charge on any atom is 0.258 e. The molecule has 0 unspecified atom stereocenters. The van der Waals surface area contributed by atoms with E-state index in [4.69, 9.17) is 9.47 Å². The van der Waals surface area contributed by atoms with E-state index in [9.17, 15) is 9.59 Å². The van der Waals surface area contributed by atoms with E-state index >= 15 is 0 Å². The molecule has 0 spiro atoms. The van der Waals surface area contributed by atoms with E-state index in [1.807, 2.05) is 79.7 Å². The second kappa shape index (κ2) is 13.7. The molecule has 3 aromatic carbocycles. The number of para-hydroxylation sites is 1. The molecule has 0 saturated carbocycles. The zero-order chi connectivity index (χ0) is 26.7. The Morgan fingerprint density at radius 3 is 2.39 bits per heavy atom. The van der Waals surface area contributed by atoms with E-state index in [0.29, 0.717) is 25.1 Å². The van der Waals surface area contributed by atoms with Crippen molar-refractivity contribution in [1.29, 1.82) is 0 Å². The molecule has 1 fully saturated rings. The Kier molecular flexibility index (Phi) is 9.90. The van der Waals surface area contributed by atoms with Crippen LogP contribution in [0.25, 0.3) is 0 Å². The molecule has 0 aliphatic carbocycles. The number of rotatable bonds is 11. The van der Waals surface area contributed by atoms with Crippen LogP contribution in [0, 0.1) is 6.92 Å². The number of carbonyl (C=O) groups excluding carboxylic acids is 2. The number of ether oxygens (including phenoxy) is 2. The van der Waals surface area contributed by atoms with Gasteiger partial charge in [-0.05, 0) is 55.8 Å². The first kappa shape index (κ1) is 27.4. The van der Waals surface area contributed by atoms with Crippen LogP contribution in [-0.4, -0.2) is 63.2 Å². The van der Waals surface area contributed by atoms with Crippen molar-refractivity contribution in [2.24, 2.45) is 0 Å². The topological polar surface area (TPSA) is 71.1 Å². The molecule has 1 heterocycles. The number of amides is 2. The zero-order valence-electron chi connectivity index (χ0n) is 22.3. The number of nitrogens with one attached hydrogen (secondary N) is 1. The molecule has 1 N–H and O–H groups in total. The summed E-state index contributed by atoms with van der Waals surface area (Å²) in [4.78, 5) is 30.2. The van der Waals surface area contributed by atoms with Crippen molar-refractivity contribution >= 4 is 17.5 Å². The van der Waals surface area contributed by atoms with Crippen LogP contribution in [0.4, 0.5) is 5.69 Å².